The number of hydrogen-bond acceptors (Lipinski definition) is 5. The van der Waals surface area contributed by atoms with Crippen molar-refractivity contribution in [3.05, 3.63) is 23.8 Å². The van der Waals surface area contributed by atoms with Gasteiger partial charge in [-0.1, -0.05) is 0 Å². The first kappa shape index (κ1) is 15.6. The SMILES string of the molecule is O=C(c1cc(O)cc(O)c1)N1CCN(C(=O)C2CCCO2)CC1. The molecule has 0 bridgehead atoms. The molecule has 2 aliphatic heterocycles. The minimum absolute atomic E-state index is 0.00426. The number of carbonyl (C=O) groups is 2. The van der Waals surface area contributed by atoms with Crippen LogP contribution in [0.2, 0.25) is 0 Å². The zero-order valence-corrected chi connectivity index (χ0v) is 12.8. The van der Waals surface area contributed by atoms with Gasteiger partial charge in [0.25, 0.3) is 11.8 Å². The fraction of sp³-hybridized carbons (Fsp3) is 0.500. The van der Waals surface area contributed by atoms with Gasteiger partial charge in [0.2, 0.25) is 0 Å². The molecule has 0 aliphatic carbocycles. The molecular formula is C16H20N2O5. The summed E-state index contributed by atoms with van der Waals surface area (Å²) in [6.45, 7) is 2.42. The summed E-state index contributed by atoms with van der Waals surface area (Å²) in [4.78, 5) is 28.0. The maximum atomic E-state index is 12.4. The summed E-state index contributed by atoms with van der Waals surface area (Å²) >= 11 is 0. The van der Waals surface area contributed by atoms with E-state index in [9.17, 15) is 19.8 Å². The van der Waals surface area contributed by atoms with Crippen molar-refractivity contribution in [2.24, 2.45) is 0 Å². The van der Waals surface area contributed by atoms with E-state index in [-0.39, 0.29) is 35.0 Å². The van der Waals surface area contributed by atoms with Gasteiger partial charge in [0, 0.05) is 44.4 Å². The van der Waals surface area contributed by atoms with Crippen LogP contribution >= 0.6 is 0 Å². The van der Waals surface area contributed by atoms with E-state index in [4.69, 9.17) is 4.74 Å². The first-order valence-corrected chi connectivity index (χ1v) is 7.77. The number of aromatic hydroxyl groups is 2. The average molecular weight is 320 g/mol. The van der Waals surface area contributed by atoms with Gasteiger partial charge in [-0.15, -0.1) is 0 Å². The first-order valence-electron chi connectivity index (χ1n) is 7.77. The molecule has 7 nitrogen and oxygen atoms in total. The highest BCUT2D eigenvalue weighted by molar-refractivity contribution is 5.95. The van der Waals surface area contributed by atoms with E-state index in [0.717, 1.165) is 12.8 Å². The topological polar surface area (TPSA) is 90.3 Å². The molecule has 1 aromatic carbocycles. The van der Waals surface area contributed by atoms with Crippen molar-refractivity contribution in [3.63, 3.8) is 0 Å². The van der Waals surface area contributed by atoms with Gasteiger partial charge < -0.3 is 24.7 Å². The summed E-state index contributed by atoms with van der Waals surface area (Å²) in [5.41, 5.74) is 0.237. The number of ether oxygens (including phenoxy) is 1. The van der Waals surface area contributed by atoms with Crippen molar-refractivity contribution in [1.29, 1.82) is 0 Å². The number of rotatable bonds is 2. The molecule has 0 saturated carbocycles. The van der Waals surface area contributed by atoms with Gasteiger partial charge in [-0.25, -0.2) is 0 Å². The Hall–Kier alpha value is -2.28. The van der Waals surface area contributed by atoms with Crippen LogP contribution < -0.4 is 0 Å². The van der Waals surface area contributed by atoms with Crippen LogP contribution in [0.25, 0.3) is 0 Å². The highest BCUT2D eigenvalue weighted by atomic mass is 16.5. The molecule has 2 saturated heterocycles. The van der Waals surface area contributed by atoms with Gasteiger partial charge in [-0.05, 0) is 25.0 Å². The predicted octanol–water partition coefficient (Wildman–Crippen LogP) is 0.561. The molecule has 1 aromatic rings. The van der Waals surface area contributed by atoms with Crippen LogP contribution in [0.15, 0.2) is 18.2 Å². The molecule has 0 aromatic heterocycles. The first-order chi connectivity index (χ1) is 11.0. The second-order valence-electron chi connectivity index (χ2n) is 5.86. The lowest BCUT2D eigenvalue weighted by molar-refractivity contribution is -0.142. The molecule has 124 valence electrons. The van der Waals surface area contributed by atoms with Crippen molar-refractivity contribution < 1.29 is 24.5 Å². The summed E-state index contributed by atoms with van der Waals surface area (Å²) in [5, 5.41) is 19.0. The van der Waals surface area contributed by atoms with Crippen LogP contribution in [-0.2, 0) is 9.53 Å². The van der Waals surface area contributed by atoms with Gasteiger partial charge >= 0.3 is 0 Å². The summed E-state index contributed by atoms with van der Waals surface area (Å²) in [5.74, 6) is -0.564. The van der Waals surface area contributed by atoms with E-state index >= 15 is 0 Å². The third-order valence-corrected chi connectivity index (χ3v) is 4.23. The molecule has 2 N–H and O–H groups in total. The Bertz CT molecular complexity index is 584. The van der Waals surface area contributed by atoms with E-state index in [1.807, 2.05) is 0 Å². The van der Waals surface area contributed by atoms with Gasteiger partial charge in [0.1, 0.15) is 17.6 Å². The van der Waals surface area contributed by atoms with Crippen molar-refractivity contribution in [3.8, 4) is 11.5 Å². The number of phenols is 2. The Balaban J connectivity index is 1.59. The van der Waals surface area contributed by atoms with E-state index in [2.05, 4.69) is 0 Å². The third kappa shape index (κ3) is 3.39. The van der Waals surface area contributed by atoms with E-state index in [0.29, 0.717) is 32.8 Å². The third-order valence-electron chi connectivity index (χ3n) is 4.23. The second kappa shape index (κ2) is 6.45. The Labute approximate surface area is 134 Å². The highest BCUT2D eigenvalue weighted by Crippen LogP contribution is 2.22. The summed E-state index contributed by atoms with van der Waals surface area (Å²) in [7, 11) is 0. The summed E-state index contributed by atoms with van der Waals surface area (Å²) in [6.07, 6.45) is 1.34. The number of phenolic OH excluding ortho intramolecular Hbond substituents is 2. The molecule has 1 unspecified atom stereocenters. The van der Waals surface area contributed by atoms with Crippen molar-refractivity contribution in [1.82, 2.24) is 9.80 Å². The van der Waals surface area contributed by atoms with Crippen LogP contribution in [0.3, 0.4) is 0 Å². The second-order valence-corrected chi connectivity index (χ2v) is 5.86. The van der Waals surface area contributed by atoms with Gasteiger partial charge in [0.15, 0.2) is 0 Å². The number of nitrogens with zero attached hydrogens (tertiary/aromatic N) is 2. The fourth-order valence-electron chi connectivity index (χ4n) is 3.01. The summed E-state index contributed by atoms with van der Waals surface area (Å²) in [6, 6.07) is 3.83. The van der Waals surface area contributed by atoms with Crippen LogP contribution in [-0.4, -0.2) is 70.7 Å². The molecule has 0 spiro atoms. The molecule has 23 heavy (non-hydrogen) atoms. The van der Waals surface area contributed by atoms with Crippen LogP contribution in [0, 0.1) is 0 Å². The molecule has 0 radical (unpaired) electrons. The maximum Gasteiger partial charge on any atom is 0.254 e. The molecule has 1 atom stereocenters. The van der Waals surface area contributed by atoms with E-state index in [1.54, 1.807) is 9.80 Å². The van der Waals surface area contributed by atoms with E-state index < -0.39 is 0 Å². The predicted molar refractivity (Wildman–Crippen MR) is 81.2 cm³/mol. The lowest BCUT2D eigenvalue weighted by atomic mass is 10.1. The Morgan fingerprint density at radius 1 is 1.00 bits per heavy atom. The Morgan fingerprint density at radius 2 is 1.61 bits per heavy atom. The number of benzene rings is 1. The fourth-order valence-corrected chi connectivity index (χ4v) is 3.01. The van der Waals surface area contributed by atoms with Crippen LogP contribution in [0.5, 0.6) is 11.5 Å². The van der Waals surface area contributed by atoms with Gasteiger partial charge in [-0.3, -0.25) is 9.59 Å². The molecule has 2 heterocycles. The number of hydrogen-bond donors (Lipinski definition) is 2. The van der Waals surface area contributed by atoms with Crippen LogP contribution in [0.1, 0.15) is 23.2 Å². The van der Waals surface area contributed by atoms with Crippen LogP contribution in [0.4, 0.5) is 0 Å². The molecule has 3 rings (SSSR count). The average Bonchev–Trinajstić information content (AvgIpc) is 3.07. The van der Waals surface area contributed by atoms with Crippen molar-refractivity contribution >= 4 is 11.8 Å². The Kier molecular flexibility index (Phi) is 4.38. The molecule has 2 fully saturated rings. The minimum Gasteiger partial charge on any atom is -0.508 e. The zero-order chi connectivity index (χ0) is 16.4. The normalized spacial score (nSPS) is 21.5. The molecule has 2 aliphatic rings. The van der Waals surface area contributed by atoms with Gasteiger partial charge in [-0.2, -0.15) is 0 Å². The van der Waals surface area contributed by atoms with Crippen molar-refractivity contribution in [2.45, 2.75) is 18.9 Å². The van der Waals surface area contributed by atoms with Gasteiger partial charge in [0.05, 0.1) is 0 Å². The number of piperazine rings is 1. The van der Waals surface area contributed by atoms with E-state index in [1.165, 1.54) is 18.2 Å². The zero-order valence-electron chi connectivity index (χ0n) is 12.8. The molecule has 2 amide bonds. The smallest absolute Gasteiger partial charge is 0.254 e. The Morgan fingerprint density at radius 3 is 2.17 bits per heavy atom. The maximum absolute atomic E-state index is 12.4. The lowest BCUT2D eigenvalue weighted by Gasteiger charge is -2.35. The summed E-state index contributed by atoms with van der Waals surface area (Å²) < 4.78 is 5.41. The minimum atomic E-state index is -0.333. The van der Waals surface area contributed by atoms with Crippen molar-refractivity contribution in [2.75, 3.05) is 32.8 Å². The monoisotopic (exact) mass is 320 g/mol. The quantitative estimate of drug-likeness (QED) is 0.831. The number of amides is 2. The highest BCUT2D eigenvalue weighted by Gasteiger charge is 2.31. The standard InChI is InChI=1S/C16H20N2O5/c19-12-8-11(9-13(20)10-12)15(21)17-3-5-18(6-4-17)16(22)14-2-1-7-23-14/h8-10,14,19-20H,1-7H2. The molecule has 7 heteroatoms. The number of carbonyl (C=O) groups excluding carboxylic acids is 2. The largest absolute Gasteiger partial charge is 0.508 e. The molecular weight excluding hydrogens is 300 g/mol. The lowest BCUT2D eigenvalue weighted by Crippen LogP contribution is -2.52.